The Balaban J connectivity index is 0. The Labute approximate surface area is 65.0 Å². The van der Waals surface area contributed by atoms with Crippen LogP contribution < -0.4 is 5.73 Å². The van der Waals surface area contributed by atoms with Crippen LogP contribution in [0.15, 0.2) is 0 Å². The van der Waals surface area contributed by atoms with E-state index in [9.17, 15) is 0 Å². The predicted molar refractivity (Wildman–Crippen MR) is 36.1 cm³/mol. The Hall–Kier alpha value is 1.54. The van der Waals surface area contributed by atoms with Crippen molar-refractivity contribution in [1.29, 1.82) is 0 Å². The molecule has 7 heavy (non-hydrogen) atoms. The summed E-state index contributed by atoms with van der Waals surface area (Å²) in [5.74, 6) is 0. The molecule has 0 aromatic heterocycles. The van der Waals surface area contributed by atoms with Gasteiger partial charge in [-0.25, -0.2) is 0 Å². The molecular weight excluding hydrogens is 318 g/mol. The van der Waals surface area contributed by atoms with E-state index in [1.165, 1.54) is 0 Å². The van der Waals surface area contributed by atoms with Crippen LogP contribution in [-0.2, 0) is 13.9 Å². The van der Waals surface area contributed by atoms with E-state index in [-0.39, 0.29) is 0 Å². The van der Waals surface area contributed by atoms with Gasteiger partial charge in [-0.15, -0.1) is 6.54 Å². The van der Waals surface area contributed by atoms with Crippen LogP contribution in [0, 0.1) is 0 Å². The Morgan fingerprint density at radius 1 is 1.57 bits per heavy atom. The van der Waals surface area contributed by atoms with Gasteiger partial charge in [-0.3, -0.25) is 0 Å². The van der Waals surface area contributed by atoms with Crippen LogP contribution in [0.4, 0.5) is 0 Å². The molecule has 0 amide bonds. The van der Waals surface area contributed by atoms with Gasteiger partial charge in [0.15, 0.2) is 0 Å². The molecule has 0 aliphatic carbocycles. The topological polar surface area (TPSA) is 49.8 Å². The first-order valence-electron chi connectivity index (χ1n) is 1.50. The maximum absolute atomic E-state index is 6.33. The molecule has 0 aromatic rings. The van der Waals surface area contributed by atoms with E-state index in [1.54, 1.807) is 0 Å². The predicted octanol–water partition coefficient (Wildman–Crippen LogP) is 1.69. The minimum absolute atomic E-state index is 0.347. The monoisotopic (exact) mass is 323 g/mol. The molecule has 0 rings (SSSR count). The molecular formula is C2H7Br2N2Pd-. The summed E-state index contributed by atoms with van der Waals surface area (Å²) in [7, 11) is 0. The average Bonchev–Trinajstić information content (AvgIpc) is 1.69. The Kier molecular flexibility index (Phi) is 25.4. The van der Waals surface area contributed by atoms with Gasteiger partial charge in [0.25, 0.3) is 0 Å². The number of nitrogens with two attached hydrogens (primary N) is 1. The fourth-order valence-electron chi connectivity index (χ4n) is 0. The van der Waals surface area contributed by atoms with Crippen LogP contribution in [0.2, 0.25) is 0 Å². The summed E-state index contributed by atoms with van der Waals surface area (Å²) in [5.41, 5.74) is 11.2. The normalized spacial score (nSPS) is 7.43. The molecule has 5 heteroatoms. The number of hydrogen-bond acceptors (Lipinski definition) is 1. The molecule has 0 aliphatic rings. The molecule has 2 nitrogen and oxygen atoms in total. The van der Waals surface area contributed by atoms with Crippen molar-refractivity contribution in [2.24, 2.45) is 5.73 Å². The van der Waals surface area contributed by atoms with Crippen molar-refractivity contribution < 1.29 is 13.9 Å². The van der Waals surface area contributed by atoms with Gasteiger partial charge in [0.2, 0.25) is 0 Å². The number of halogens is 2. The quantitative estimate of drug-likeness (QED) is 0.733. The van der Waals surface area contributed by atoms with Gasteiger partial charge in [0.05, 0.1) is 0 Å². The van der Waals surface area contributed by atoms with E-state index in [4.69, 9.17) is 11.5 Å². The van der Waals surface area contributed by atoms with Gasteiger partial charge in [-0.05, 0) is 6.54 Å². The molecule has 50 valence electrons. The SMILES string of the molecule is [Br][Pd][Br].[NH-]CCN. The van der Waals surface area contributed by atoms with Crippen molar-refractivity contribution >= 4 is 26.9 Å². The summed E-state index contributed by atoms with van der Waals surface area (Å²) in [6.45, 7) is 0.833. The average molecular weight is 325 g/mol. The third-order valence-electron chi connectivity index (χ3n) is 0.144. The summed E-state index contributed by atoms with van der Waals surface area (Å²) in [5, 5.41) is 0. The molecule has 0 atom stereocenters. The van der Waals surface area contributed by atoms with Gasteiger partial charge in [0.1, 0.15) is 0 Å². The molecule has 0 saturated carbocycles. The van der Waals surface area contributed by atoms with E-state index in [0.717, 1.165) is 0 Å². The largest absolute Gasteiger partial charge is 0.676 e. The molecule has 0 bridgehead atoms. The van der Waals surface area contributed by atoms with Crippen LogP contribution in [0.25, 0.3) is 5.73 Å². The van der Waals surface area contributed by atoms with Crippen molar-refractivity contribution in [3.8, 4) is 0 Å². The first kappa shape index (κ1) is 11.4. The summed E-state index contributed by atoms with van der Waals surface area (Å²) >= 11 is 6.80. The van der Waals surface area contributed by atoms with Gasteiger partial charge >= 0.3 is 40.8 Å². The first-order valence-corrected chi connectivity index (χ1v) is 8.61. The van der Waals surface area contributed by atoms with Crippen LogP contribution in [0.5, 0.6) is 0 Å². The molecule has 0 saturated heterocycles. The molecule has 0 aliphatic heterocycles. The van der Waals surface area contributed by atoms with Crippen molar-refractivity contribution in [1.82, 2.24) is 0 Å². The van der Waals surface area contributed by atoms with E-state index < -0.39 is 0 Å². The second-order valence-electron chi connectivity index (χ2n) is 0.584. The summed E-state index contributed by atoms with van der Waals surface area (Å²) < 4.78 is 0. The maximum Gasteiger partial charge on any atom is -0.0268 e. The maximum atomic E-state index is 6.33. The van der Waals surface area contributed by atoms with Crippen molar-refractivity contribution in [3.05, 3.63) is 5.73 Å². The first-order chi connectivity index (χ1) is 3.33. The third kappa shape index (κ3) is 35.8. The number of nitrogens with one attached hydrogen (secondary N) is 1. The van der Waals surface area contributed by atoms with Crippen molar-refractivity contribution in [2.75, 3.05) is 13.1 Å². The third-order valence-corrected chi connectivity index (χ3v) is 0.144. The number of rotatable bonds is 1. The summed E-state index contributed by atoms with van der Waals surface area (Å²) in [6, 6.07) is 0. The zero-order valence-electron chi connectivity index (χ0n) is 3.56. The number of hydrogen-bond donors (Lipinski definition) is 1. The van der Waals surface area contributed by atoms with Gasteiger partial charge in [0, 0.05) is 0 Å². The summed E-state index contributed by atoms with van der Waals surface area (Å²) in [4.78, 5) is 0. The minimum atomic E-state index is 0.347. The Morgan fingerprint density at radius 2 is 1.71 bits per heavy atom. The molecule has 0 heterocycles. The van der Waals surface area contributed by atoms with Crippen LogP contribution in [0.3, 0.4) is 0 Å². The van der Waals surface area contributed by atoms with E-state index in [1.807, 2.05) is 0 Å². The Morgan fingerprint density at radius 3 is 1.71 bits per heavy atom. The minimum Gasteiger partial charge on any atom is -0.676 e. The van der Waals surface area contributed by atoms with E-state index >= 15 is 0 Å². The van der Waals surface area contributed by atoms with Gasteiger partial charge in [-0.2, -0.15) is 0 Å². The molecule has 0 unspecified atom stereocenters. The van der Waals surface area contributed by atoms with Crippen LogP contribution in [-0.4, -0.2) is 13.1 Å². The molecule has 0 radical (unpaired) electrons. The van der Waals surface area contributed by atoms with Gasteiger partial charge < -0.3 is 11.5 Å². The molecule has 3 N–H and O–H groups in total. The standard InChI is InChI=1S/C2H7N2.2BrH.Pd/c3-1-2-4;;;/h3H,1-2,4H2;2*1H;/q-1;;;+2/p-2. The van der Waals surface area contributed by atoms with Crippen LogP contribution in [0.1, 0.15) is 0 Å². The second kappa shape index (κ2) is 15.6. The zero-order chi connectivity index (χ0) is 6.12. The zero-order valence-corrected chi connectivity index (χ0v) is 8.29. The smallest absolute Gasteiger partial charge is 0.0268 e. The van der Waals surface area contributed by atoms with Crippen molar-refractivity contribution in [3.63, 3.8) is 0 Å². The fraction of sp³-hybridized carbons (Fsp3) is 1.00. The van der Waals surface area contributed by atoms with E-state index in [2.05, 4.69) is 26.9 Å². The van der Waals surface area contributed by atoms with Crippen LogP contribution >= 0.6 is 26.9 Å². The van der Waals surface area contributed by atoms with E-state index in [0.29, 0.717) is 27.0 Å². The molecule has 0 aromatic carbocycles. The summed E-state index contributed by atoms with van der Waals surface area (Å²) in [6.07, 6.45) is 0. The second-order valence-corrected chi connectivity index (χ2v) is 7.75. The fourth-order valence-corrected chi connectivity index (χ4v) is 0. The van der Waals surface area contributed by atoms with Gasteiger partial charge in [-0.1, -0.05) is 0 Å². The molecule has 0 spiro atoms. The Bertz CT molecular complexity index is 21.2. The molecule has 0 fully saturated rings. The van der Waals surface area contributed by atoms with Crippen molar-refractivity contribution in [2.45, 2.75) is 0 Å².